The summed E-state index contributed by atoms with van der Waals surface area (Å²) in [5, 5.41) is 3.93. The summed E-state index contributed by atoms with van der Waals surface area (Å²) in [5.41, 5.74) is 1.71. The second-order valence-electron chi connectivity index (χ2n) is 4.17. The van der Waals surface area contributed by atoms with Gasteiger partial charge in [0.25, 0.3) is 5.89 Å². The first kappa shape index (κ1) is 12.8. The molecule has 2 heterocycles. The fraction of sp³-hybridized carbons (Fsp3) is 0.0667. The van der Waals surface area contributed by atoms with Gasteiger partial charge in [-0.05, 0) is 30.3 Å². The summed E-state index contributed by atoms with van der Waals surface area (Å²) in [5.74, 6) is 1.29. The summed E-state index contributed by atoms with van der Waals surface area (Å²) in [6.07, 6.45) is 1.65. The third kappa shape index (κ3) is 2.58. The first-order valence-electron chi connectivity index (χ1n) is 6.12. The van der Waals surface area contributed by atoms with Crippen LogP contribution in [0, 0.1) is 6.57 Å². The third-order valence-corrected chi connectivity index (χ3v) is 2.82. The Morgan fingerprint density at radius 3 is 2.86 bits per heavy atom. The van der Waals surface area contributed by atoms with Gasteiger partial charge in [-0.15, -0.1) is 0 Å². The van der Waals surface area contributed by atoms with Crippen LogP contribution in [-0.2, 0) is 0 Å². The molecule has 0 aliphatic heterocycles. The molecule has 0 spiro atoms. The zero-order chi connectivity index (χ0) is 14.7. The van der Waals surface area contributed by atoms with Gasteiger partial charge in [0.2, 0.25) is 5.82 Å². The molecule has 0 unspecified atom stereocenters. The summed E-state index contributed by atoms with van der Waals surface area (Å²) < 4.78 is 10.4. The van der Waals surface area contributed by atoms with Crippen molar-refractivity contribution in [2.24, 2.45) is 0 Å². The quantitative estimate of drug-likeness (QED) is 0.687. The molecule has 6 heteroatoms. The van der Waals surface area contributed by atoms with Gasteiger partial charge in [-0.2, -0.15) is 4.98 Å². The first-order valence-corrected chi connectivity index (χ1v) is 6.12. The van der Waals surface area contributed by atoms with Crippen LogP contribution in [0.15, 0.2) is 47.1 Å². The molecule has 1 aromatic carbocycles. The summed E-state index contributed by atoms with van der Waals surface area (Å²) >= 11 is 0. The number of rotatable bonds is 3. The highest BCUT2D eigenvalue weighted by Crippen LogP contribution is 2.29. The fourth-order valence-electron chi connectivity index (χ4n) is 1.83. The van der Waals surface area contributed by atoms with E-state index in [0.717, 1.165) is 0 Å². The highest BCUT2D eigenvalue weighted by molar-refractivity contribution is 5.67. The number of hydrogen-bond donors (Lipinski definition) is 0. The highest BCUT2D eigenvalue weighted by Gasteiger charge is 2.13. The summed E-state index contributed by atoms with van der Waals surface area (Å²) in [6, 6.07) is 10.5. The largest absolute Gasteiger partial charge is 0.498 e. The smallest absolute Gasteiger partial charge is 0.276 e. The van der Waals surface area contributed by atoms with E-state index < -0.39 is 0 Å². The Labute approximate surface area is 120 Å². The molecule has 0 atom stereocenters. The van der Waals surface area contributed by atoms with Gasteiger partial charge in [0, 0.05) is 11.8 Å². The number of ether oxygens (including phenoxy) is 1. The lowest BCUT2D eigenvalue weighted by atomic mass is 10.2. The summed E-state index contributed by atoms with van der Waals surface area (Å²) in [7, 11) is 1.54. The molecule has 0 N–H and O–H groups in total. The lowest BCUT2D eigenvalue weighted by Gasteiger charge is -2.02. The molecule has 0 saturated carbocycles. The van der Waals surface area contributed by atoms with Crippen LogP contribution < -0.4 is 4.74 Å². The first-order chi connectivity index (χ1) is 10.3. The van der Waals surface area contributed by atoms with E-state index in [2.05, 4.69) is 20.0 Å². The lowest BCUT2D eigenvalue weighted by Crippen LogP contribution is -1.86. The molecule has 0 aliphatic carbocycles. The van der Waals surface area contributed by atoms with E-state index in [4.69, 9.17) is 15.8 Å². The second-order valence-corrected chi connectivity index (χ2v) is 4.17. The van der Waals surface area contributed by atoms with Crippen LogP contribution >= 0.6 is 0 Å². The number of aromatic nitrogens is 3. The SMILES string of the molecule is [C-]#[N+]c1cc(OC)cc(-c2noc(-c3ccccn3)n2)c1. The monoisotopic (exact) mass is 278 g/mol. The molecule has 3 rings (SSSR count). The predicted molar refractivity (Wildman–Crippen MR) is 75.8 cm³/mol. The van der Waals surface area contributed by atoms with Crippen LogP contribution in [0.1, 0.15) is 0 Å². The zero-order valence-corrected chi connectivity index (χ0v) is 11.1. The Kier molecular flexibility index (Phi) is 3.31. The number of nitrogens with zero attached hydrogens (tertiary/aromatic N) is 4. The number of methoxy groups -OCH3 is 1. The Hall–Kier alpha value is -3.20. The van der Waals surface area contributed by atoms with Gasteiger partial charge in [0.15, 0.2) is 5.69 Å². The van der Waals surface area contributed by atoms with E-state index in [0.29, 0.717) is 34.4 Å². The van der Waals surface area contributed by atoms with Gasteiger partial charge in [0.05, 0.1) is 13.7 Å². The molecule has 0 radical (unpaired) electrons. The van der Waals surface area contributed by atoms with E-state index in [1.54, 1.807) is 37.6 Å². The van der Waals surface area contributed by atoms with Crippen molar-refractivity contribution in [3.63, 3.8) is 0 Å². The minimum atomic E-state index is 0.331. The topological polar surface area (TPSA) is 65.4 Å². The van der Waals surface area contributed by atoms with Crippen LogP contribution in [0.3, 0.4) is 0 Å². The van der Waals surface area contributed by atoms with Gasteiger partial charge >= 0.3 is 0 Å². The van der Waals surface area contributed by atoms with Crippen molar-refractivity contribution in [3.05, 3.63) is 54.0 Å². The van der Waals surface area contributed by atoms with Crippen molar-refractivity contribution >= 4 is 5.69 Å². The van der Waals surface area contributed by atoms with Crippen molar-refractivity contribution in [2.75, 3.05) is 7.11 Å². The molecule has 0 saturated heterocycles. The molecule has 6 nitrogen and oxygen atoms in total. The maximum atomic E-state index is 7.11. The summed E-state index contributed by atoms with van der Waals surface area (Å²) in [6.45, 7) is 7.11. The summed E-state index contributed by atoms with van der Waals surface area (Å²) in [4.78, 5) is 11.9. The van der Waals surface area contributed by atoms with Crippen molar-refractivity contribution in [2.45, 2.75) is 0 Å². The molecule has 0 fully saturated rings. The lowest BCUT2D eigenvalue weighted by molar-refractivity contribution is 0.415. The van der Waals surface area contributed by atoms with E-state index in [1.165, 1.54) is 0 Å². The average Bonchev–Trinajstić information content (AvgIpc) is 3.05. The van der Waals surface area contributed by atoms with Crippen LogP contribution in [0.2, 0.25) is 0 Å². The Bertz CT molecular complexity index is 806. The van der Waals surface area contributed by atoms with Crippen LogP contribution in [0.4, 0.5) is 5.69 Å². The van der Waals surface area contributed by atoms with Crippen molar-refractivity contribution in [3.8, 4) is 28.7 Å². The standard InChI is InChI=1S/C15H10N4O2/c1-16-11-7-10(8-12(9-11)20-2)14-18-15(21-19-14)13-5-3-4-6-17-13/h3-9H,2H3. The molecular formula is C15H10N4O2. The molecule has 2 aromatic heterocycles. The van der Waals surface area contributed by atoms with Crippen LogP contribution in [-0.4, -0.2) is 22.2 Å². The maximum absolute atomic E-state index is 7.11. The normalized spacial score (nSPS) is 10.1. The number of pyridine rings is 1. The molecule has 0 bridgehead atoms. The van der Waals surface area contributed by atoms with Crippen molar-refractivity contribution < 1.29 is 9.26 Å². The van der Waals surface area contributed by atoms with E-state index in [9.17, 15) is 0 Å². The Balaban J connectivity index is 2.02. The molecule has 3 aromatic rings. The van der Waals surface area contributed by atoms with Crippen LogP contribution in [0.25, 0.3) is 27.8 Å². The van der Waals surface area contributed by atoms with Gasteiger partial charge in [-0.25, -0.2) is 4.85 Å². The van der Waals surface area contributed by atoms with Gasteiger partial charge in [-0.1, -0.05) is 11.2 Å². The van der Waals surface area contributed by atoms with E-state index in [1.807, 2.05) is 12.1 Å². The molecule has 102 valence electrons. The molecular weight excluding hydrogens is 268 g/mol. The Morgan fingerprint density at radius 1 is 1.24 bits per heavy atom. The Morgan fingerprint density at radius 2 is 2.14 bits per heavy atom. The number of benzene rings is 1. The molecule has 0 aliphatic rings. The van der Waals surface area contributed by atoms with E-state index in [-0.39, 0.29) is 0 Å². The molecule has 0 amide bonds. The van der Waals surface area contributed by atoms with Gasteiger partial charge < -0.3 is 9.26 Å². The minimum absolute atomic E-state index is 0.331. The third-order valence-electron chi connectivity index (χ3n) is 2.82. The average molecular weight is 278 g/mol. The van der Waals surface area contributed by atoms with Crippen molar-refractivity contribution in [1.82, 2.24) is 15.1 Å². The van der Waals surface area contributed by atoms with Crippen molar-refractivity contribution in [1.29, 1.82) is 0 Å². The zero-order valence-electron chi connectivity index (χ0n) is 11.1. The minimum Gasteiger partial charge on any atom is -0.498 e. The second kappa shape index (κ2) is 5.43. The van der Waals surface area contributed by atoms with Gasteiger partial charge in [-0.3, -0.25) is 4.98 Å². The fourth-order valence-corrected chi connectivity index (χ4v) is 1.83. The van der Waals surface area contributed by atoms with Gasteiger partial charge in [0.1, 0.15) is 11.4 Å². The van der Waals surface area contributed by atoms with E-state index >= 15 is 0 Å². The van der Waals surface area contributed by atoms with Crippen LogP contribution in [0.5, 0.6) is 5.75 Å². The predicted octanol–water partition coefficient (Wildman–Crippen LogP) is 3.36. The number of hydrogen-bond acceptors (Lipinski definition) is 5. The molecule has 21 heavy (non-hydrogen) atoms. The maximum Gasteiger partial charge on any atom is 0.276 e. The highest BCUT2D eigenvalue weighted by atomic mass is 16.5.